The van der Waals surface area contributed by atoms with Crippen LogP contribution in [-0.4, -0.2) is 60.6 Å². The Morgan fingerprint density at radius 2 is 1.71 bits per heavy atom. The van der Waals surface area contributed by atoms with Gasteiger partial charge in [0.05, 0.1) is 5.69 Å². The second-order valence-electron chi connectivity index (χ2n) is 8.16. The highest BCUT2D eigenvalue weighted by Crippen LogP contribution is 2.27. The molecule has 144 valence electrons. The Morgan fingerprint density at radius 1 is 0.929 bits per heavy atom. The van der Waals surface area contributed by atoms with Crippen molar-refractivity contribution >= 4 is 22.8 Å². The van der Waals surface area contributed by atoms with Gasteiger partial charge in [-0.05, 0) is 18.2 Å². The summed E-state index contributed by atoms with van der Waals surface area (Å²) in [6.45, 7) is 10.1. The van der Waals surface area contributed by atoms with Crippen LogP contribution in [0.15, 0.2) is 36.9 Å². The second kappa shape index (κ2) is 6.15. The Hall–Kier alpha value is -3.23. The monoisotopic (exact) mass is 377 g/mol. The van der Waals surface area contributed by atoms with E-state index in [1.54, 1.807) is 10.8 Å². The van der Waals surface area contributed by atoms with E-state index < -0.39 is 0 Å². The zero-order chi connectivity index (χ0) is 19.3. The van der Waals surface area contributed by atoms with Crippen molar-refractivity contribution < 1.29 is 0 Å². The number of aromatic nitrogens is 7. The van der Waals surface area contributed by atoms with Crippen LogP contribution in [0.25, 0.3) is 11.2 Å². The number of hydrogen-bond acceptors (Lipinski definition) is 7. The minimum Gasteiger partial charge on any atom is -0.352 e. The van der Waals surface area contributed by atoms with Crippen LogP contribution in [0, 0.1) is 0 Å². The first-order valence-electron chi connectivity index (χ1n) is 9.51. The van der Waals surface area contributed by atoms with Gasteiger partial charge in [-0.1, -0.05) is 20.8 Å². The molecule has 0 saturated carbocycles. The zero-order valence-corrected chi connectivity index (χ0v) is 16.3. The van der Waals surface area contributed by atoms with Gasteiger partial charge in [-0.3, -0.25) is 0 Å². The van der Waals surface area contributed by atoms with Crippen molar-refractivity contribution in [2.24, 2.45) is 0 Å². The fourth-order valence-corrected chi connectivity index (χ4v) is 3.55. The molecule has 5 heterocycles. The van der Waals surface area contributed by atoms with Gasteiger partial charge >= 0.3 is 0 Å². The quantitative estimate of drug-likeness (QED) is 0.527. The molecule has 0 amide bonds. The average Bonchev–Trinajstić information content (AvgIpc) is 3.33. The van der Waals surface area contributed by atoms with Crippen molar-refractivity contribution in [1.82, 2.24) is 34.4 Å². The summed E-state index contributed by atoms with van der Waals surface area (Å²) < 4.78 is 3.65. The van der Waals surface area contributed by atoms with Gasteiger partial charge in [0.1, 0.15) is 17.7 Å². The molecule has 0 N–H and O–H groups in total. The summed E-state index contributed by atoms with van der Waals surface area (Å²) in [6, 6.07) is 6.12. The highest BCUT2D eigenvalue weighted by molar-refractivity contribution is 5.70. The van der Waals surface area contributed by atoms with Crippen LogP contribution in [0.1, 0.15) is 26.5 Å². The third-order valence-corrected chi connectivity index (χ3v) is 5.19. The Kier molecular flexibility index (Phi) is 3.71. The first-order valence-corrected chi connectivity index (χ1v) is 9.51. The first kappa shape index (κ1) is 16.9. The molecule has 0 atom stereocenters. The number of rotatable bonds is 2. The summed E-state index contributed by atoms with van der Waals surface area (Å²) in [5.41, 5.74) is 2.90. The SMILES string of the molecule is CC(C)(C)c1cc2c(N3CCN(c4ccc5nncn5n4)CC3)nccn2n1. The number of piperazine rings is 1. The Labute approximate surface area is 162 Å². The molecular formula is C19H23N9. The number of nitrogens with zero attached hydrogens (tertiary/aromatic N) is 9. The van der Waals surface area contributed by atoms with Crippen molar-refractivity contribution in [2.45, 2.75) is 26.2 Å². The molecule has 28 heavy (non-hydrogen) atoms. The largest absolute Gasteiger partial charge is 0.352 e. The molecule has 4 aromatic heterocycles. The maximum atomic E-state index is 4.74. The lowest BCUT2D eigenvalue weighted by atomic mass is 9.92. The molecule has 0 radical (unpaired) electrons. The van der Waals surface area contributed by atoms with Crippen LogP contribution >= 0.6 is 0 Å². The Balaban J connectivity index is 1.38. The van der Waals surface area contributed by atoms with E-state index in [2.05, 4.69) is 56.9 Å². The fourth-order valence-electron chi connectivity index (χ4n) is 3.55. The van der Waals surface area contributed by atoms with Gasteiger partial charge in [0.2, 0.25) is 0 Å². The van der Waals surface area contributed by atoms with Crippen LogP contribution < -0.4 is 9.80 Å². The van der Waals surface area contributed by atoms with Crippen molar-refractivity contribution in [1.29, 1.82) is 0 Å². The van der Waals surface area contributed by atoms with E-state index in [0.29, 0.717) is 0 Å². The summed E-state index contributed by atoms with van der Waals surface area (Å²) in [7, 11) is 0. The Morgan fingerprint density at radius 3 is 2.50 bits per heavy atom. The number of fused-ring (bicyclic) bond motifs is 2. The van der Waals surface area contributed by atoms with Crippen LogP contribution in [0.4, 0.5) is 11.6 Å². The van der Waals surface area contributed by atoms with Crippen LogP contribution in [-0.2, 0) is 5.41 Å². The zero-order valence-electron chi connectivity index (χ0n) is 16.3. The lowest BCUT2D eigenvalue weighted by Crippen LogP contribution is -2.47. The summed E-state index contributed by atoms with van der Waals surface area (Å²) in [4.78, 5) is 9.28. The third kappa shape index (κ3) is 2.83. The lowest BCUT2D eigenvalue weighted by Gasteiger charge is -2.36. The minimum absolute atomic E-state index is 0.00841. The van der Waals surface area contributed by atoms with Gasteiger partial charge in [-0.2, -0.15) is 9.61 Å². The minimum atomic E-state index is 0.00841. The smallest absolute Gasteiger partial charge is 0.177 e. The maximum Gasteiger partial charge on any atom is 0.177 e. The van der Waals surface area contributed by atoms with Gasteiger partial charge in [0.15, 0.2) is 11.5 Å². The van der Waals surface area contributed by atoms with Gasteiger partial charge in [-0.25, -0.2) is 9.50 Å². The molecule has 1 aliphatic rings. The molecular weight excluding hydrogens is 354 g/mol. The van der Waals surface area contributed by atoms with E-state index in [-0.39, 0.29) is 5.41 Å². The van der Waals surface area contributed by atoms with E-state index in [0.717, 1.165) is 54.7 Å². The molecule has 9 nitrogen and oxygen atoms in total. The topological polar surface area (TPSA) is 79.8 Å². The first-order chi connectivity index (χ1) is 13.5. The predicted molar refractivity (Wildman–Crippen MR) is 107 cm³/mol. The van der Waals surface area contributed by atoms with Gasteiger partial charge in [0.25, 0.3) is 0 Å². The van der Waals surface area contributed by atoms with E-state index in [9.17, 15) is 0 Å². The van der Waals surface area contributed by atoms with Crippen LogP contribution in [0.3, 0.4) is 0 Å². The third-order valence-electron chi connectivity index (χ3n) is 5.19. The Bertz CT molecular complexity index is 1130. The molecule has 0 spiro atoms. The van der Waals surface area contributed by atoms with E-state index in [1.165, 1.54) is 0 Å². The molecule has 1 aliphatic heterocycles. The van der Waals surface area contributed by atoms with Gasteiger partial charge in [-0.15, -0.1) is 15.3 Å². The van der Waals surface area contributed by atoms with Gasteiger partial charge < -0.3 is 9.80 Å². The second-order valence-corrected chi connectivity index (χ2v) is 8.16. The highest BCUT2D eigenvalue weighted by atomic mass is 15.4. The molecule has 1 fully saturated rings. The predicted octanol–water partition coefficient (Wildman–Crippen LogP) is 1.79. The van der Waals surface area contributed by atoms with E-state index in [1.807, 2.05) is 29.0 Å². The summed E-state index contributed by atoms with van der Waals surface area (Å²) in [5, 5.41) is 17.3. The summed E-state index contributed by atoms with van der Waals surface area (Å²) in [6.07, 6.45) is 5.38. The molecule has 4 aromatic rings. The number of hydrogen-bond donors (Lipinski definition) is 0. The fraction of sp³-hybridized carbons (Fsp3) is 0.421. The highest BCUT2D eigenvalue weighted by Gasteiger charge is 2.24. The summed E-state index contributed by atoms with van der Waals surface area (Å²) in [5.74, 6) is 1.94. The molecule has 0 aromatic carbocycles. The molecule has 1 saturated heterocycles. The van der Waals surface area contributed by atoms with E-state index in [4.69, 9.17) is 5.10 Å². The molecule has 5 rings (SSSR count). The normalized spacial score (nSPS) is 15.7. The van der Waals surface area contributed by atoms with Crippen molar-refractivity contribution in [3.63, 3.8) is 0 Å². The van der Waals surface area contributed by atoms with Crippen molar-refractivity contribution in [3.05, 3.63) is 42.6 Å². The van der Waals surface area contributed by atoms with E-state index >= 15 is 0 Å². The molecule has 9 heteroatoms. The van der Waals surface area contributed by atoms with Crippen molar-refractivity contribution in [2.75, 3.05) is 36.0 Å². The molecule has 0 unspecified atom stereocenters. The molecule has 0 aliphatic carbocycles. The van der Waals surface area contributed by atoms with Gasteiger partial charge in [0, 0.05) is 44.0 Å². The number of anilines is 2. The van der Waals surface area contributed by atoms with Crippen molar-refractivity contribution in [3.8, 4) is 0 Å². The standard InChI is InChI=1S/C19H23N9/c1-19(2,3)15-12-14-18(20-6-7-27(14)23-15)26-10-8-25(9-11-26)17-5-4-16-22-21-13-28(16)24-17/h4-7,12-13H,8-11H2,1-3H3. The van der Waals surface area contributed by atoms with Crippen LogP contribution in [0.2, 0.25) is 0 Å². The lowest BCUT2D eigenvalue weighted by molar-refractivity contribution is 0.562. The molecule has 0 bridgehead atoms. The van der Waals surface area contributed by atoms with Crippen LogP contribution in [0.5, 0.6) is 0 Å². The maximum absolute atomic E-state index is 4.74. The average molecular weight is 377 g/mol. The summed E-state index contributed by atoms with van der Waals surface area (Å²) >= 11 is 0.